The predicted molar refractivity (Wildman–Crippen MR) is 63.2 cm³/mol. The zero-order valence-electron chi connectivity index (χ0n) is 8.06. The molecule has 1 N–H and O–H groups in total. The molecule has 1 aliphatic rings. The van der Waals surface area contributed by atoms with Crippen LogP contribution in [-0.4, -0.2) is 22.9 Å². The van der Waals surface area contributed by atoms with Crippen LogP contribution in [0.15, 0.2) is 18.3 Å². The lowest BCUT2D eigenvalue weighted by Gasteiger charge is -2.13. The van der Waals surface area contributed by atoms with Crippen LogP contribution in [0.4, 0.5) is 0 Å². The van der Waals surface area contributed by atoms with E-state index in [1.165, 1.54) is 11.3 Å². The third-order valence-corrected chi connectivity index (χ3v) is 2.21. The van der Waals surface area contributed by atoms with Crippen molar-refractivity contribution in [1.82, 2.24) is 15.1 Å². The molecule has 14 heavy (non-hydrogen) atoms. The van der Waals surface area contributed by atoms with Crippen LogP contribution in [0.2, 0.25) is 0 Å². The summed E-state index contributed by atoms with van der Waals surface area (Å²) in [5.41, 5.74) is 2.66. The number of nitrogens with zero attached hydrogens (tertiary/aromatic N) is 2. The van der Waals surface area contributed by atoms with Gasteiger partial charge in [0.2, 0.25) is 0 Å². The second-order valence-corrected chi connectivity index (χ2v) is 3.02. The largest absolute Gasteiger partial charge is 0.313 e. The van der Waals surface area contributed by atoms with Gasteiger partial charge in [0.15, 0.2) is 0 Å². The second-order valence-electron chi connectivity index (χ2n) is 3.02. The summed E-state index contributed by atoms with van der Waals surface area (Å²) in [6.45, 7) is 2.07. The number of hydrogen-bond acceptors (Lipinski definition) is 2. The van der Waals surface area contributed by atoms with E-state index in [0.717, 1.165) is 19.5 Å². The molecule has 5 heteroatoms. The highest BCUT2D eigenvalue weighted by Gasteiger charge is 2.07. The zero-order chi connectivity index (χ0) is 8.39. The monoisotopic (exact) mass is 235 g/mol. The first-order chi connectivity index (χ1) is 5.88. The maximum Gasteiger partial charge on any atom is 0.0636 e. The Morgan fingerprint density at radius 2 is 2.21 bits per heavy atom. The van der Waals surface area contributed by atoms with Gasteiger partial charge in [-0.05, 0) is 24.6 Å². The van der Waals surface area contributed by atoms with E-state index in [0.29, 0.717) is 0 Å². The molecule has 2 rings (SSSR count). The van der Waals surface area contributed by atoms with Crippen LogP contribution in [0.5, 0.6) is 0 Å². The van der Waals surface area contributed by atoms with Crippen LogP contribution in [0.1, 0.15) is 12.1 Å². The third kappa shape index (κ3) is 2.74. The Bertz CT molecular complexity index is 307. The first kappa shape index (κ1) is 13.5. The van der Waals surface area contributed by atoms with Gasteiger partial charge in [-0.15, -0.1) is 24.8 Å². The molecule has 3 nitrogen and oxygen atoms in total. The van der Waals surface area contributed by atoms with E-state index in [2.05, 4.69) is 22.6 Å². The lowest BCUT2D eigenvalue weighted by molar-refractivity contribution is 0.714. The van der Waals surface area contributed by atoms with Crippen molar-refractivity contribution in [3.63, 3.8) is 0 Å². The Labute approximate surface area is 96.4 Å². The van der Waals surface area contributed by atoms with Gasteiger partial charge in [-0.25, -0.2) is 0 Å². The third-order valence-electron chi connectivity index (χ3n) is 2.21. The van der Waals surface area contributed by atoms with Gasteiger partial charge in [0.1, 0.15) is 0 Å². The quantitative estimate of drug-likeness (QED) is 0.803. The molecule has 1 aromatic heterocycles. The molecule has 0 unspecified atom stereocenters. The average molecular weight is 236 g/mol. The van der Waals surface area contributed by atoms with Gasteiger partial charge in [-0.1, -0.05) is 6.08 Å². The number of halogens is 2. The second kappa shape index (κ2) is 6.06. The molecule has 0 aromatic carbocycles. The van der Waals surface area contributed by atoms with Crippen molar-refractivity contribution in [2.75, 3.05) is 13.1 Å². The Morgan fingerprint density at radius 1 is 1.43 bits per heavy atom. The van der Waals surface area contributed by atoms with Gasteiger partial charge in [-0.3, -0.25) is 4.68 Å². The highest BCUT2D eigenvalue weighted by atomic mass is 35.5. The summed E-state index contributed by atoms with van der Waals surface area (Å²) in [6, 6.07) is 2.07. The summed E-state index contributed by atoms with van der Waals surface area (Å²) in [4.78, 5) is 0. The Hall–Kier alpha value is -0.510. The number of nitrogens with one attached hydrogen (secondary N) is 1. The Morgan fingerprint density at radius 3 is 2.71 bits per heavy atom. The number of rotatable bonds is 1. The van der Waals surface area contributed by atoms with Gasteiger partial charge in [0.05, 0.1) is 5.69 Å². The highest BCUT2D eigenvalue weighted by Crippen LogP contribution is 2.17. The first-order valence-electron chi connectivity index (χ1n) is 4.26. The molecule has 0 saturated heterocycles. The number of aromatic nitrogens is 2. The minimum Gasteiger partial charge on any atom is -0.313 e. The van der Waals surface area contributed by atoms with E-state index in [-0.39, 0.29) is 24.8 Å². The minimum absolute atomic E-state index is 0. The van der Waals surface area contributed by atoms with E-state index in [1.807, 2.05) is 17.9 Å². The lowest BCUT2D eigenvalue weighted by atomic mass is 10.1. The average Bonchev–Trinajstić information content (AvgIpc) is 2.53. The van der Waals surface area contributed by atoms with E-state index in [1.54, 1.807) is 0 Å². The summed E-state index contributed by atoms with van der Waals surface area (Å²) in [5, 5.41) is 7.44. The standard InChI is InChI=1S/C9H13N3.2ClH/c1-12-9(4-7-11-12)8-2-5-10-6-3-8;;/h2,4,7,10H,3,5-6H2,1H3;2*1H. The molecule has 0 aliphatic carbocycles. The predicted octanol–water partition coefficient (Wildman–Crippen LogP) is 1.64. The maximum absolute atomic E-state index is 4.15. The van der Waals surface area contributed by atoms with Crippen LogP contribution >= 0.6 is 24.8 Å². The zero-order valence-corrected chi connectivity index (χ0v) is 9.70. The fourth-order valence-electron chi connectivity index (χ4n) is 1.54. The van der Waals surface area contributed by atoms with Crippen LogP contribution in [0.25, 0.3) is 5.57 Å². The Balaban J connectivity index is 0.000000845. The van der Waals surface area contributed by atoms with Crippen molar-refractivity contribution in [2.24, 2.45) is 7.05 Å². The molecule has 1 aliphatic heterocycles. The summed E-state index contributed by atoms with van der Waals surface area (Å²) < 4.78 is 1.93. The van der Waals surface area contributed by atoms with Crippen molar-refractivity contribution >= 4 is 30.4 Å². The molecule has 0 amide bonds. The fraction of sp³-hybridized carbons (Fsp3) is 0.444. The van der Waals surface area contributed by atoms with Crippen LogP contribution in [-0.2, 0) is 7.05 Å². The molecule has 0 bridgehead atoms. The topological polar surface area (TPSA) is 29.9 Å². The van der Waals surface area contributed by atoms with Gasteiger partial charge >= 0.3 is 0 Å². The molecule has 2 heterocycles. The van der Waals surface area contributed by atoms with Crippen molar-refractivity contribution in [3.8, 4) is 0 Å². The molecule has 0 saturated carbocycles. The van der Waals surface area contributed by atoms with E-state index < -0.39 is 0 Å². The van der Waals surface area contributed by atoms with Crippen molar-refractivity contribution < 1.29 is 0 Å². The van der Waals surface area contributed by atoms with Gasteiger partial charge in [-0.2, -0.15) is 5.10 Å². The van der Waals surface area contributed by atoms with Crippen LogP contribution in [0, 0.1) is 0 Å². The number of aryl methyl sites for hydroxylation is 1. The lowest BCUT2D eigenvalue weighted by Crippen LogP contribution is -2.20. The smallest absolute Gasteiger partial charge is 0.0636 e. The van der Waals surface area contributed by atoms with Crippen molar-refractivity contribution in [1.29, 1.82) is 0 Å². The van der Waals surface area contributed by atoms with Crippen molar-refractivity contribution in [2.45, 2.75) is 6.42 Å². The van der Waals surface area contributed by atoms with Crippen molar-refractivity contribution in [3.05, 3.63) is 24.0 Å². The van der Waals surface area contributed by atoms with Crippen LogP contribution < -0.4 is 5.32 Å². The summed E-state index contributed by atoms with van der Waals surface area (Å²) in [7, 11) is 1.98. The van der Waals surface area contributed by atoms with Gasteiger partial charge in [0, 0.05) is 19.8 Å². The summed E-state index contributed by atoms with van der Waals surface area (Å²) in [5.74, 6) is 0. The molecular weight excluding hydrogens is 221 g/mol. The fourth-order valence-corrected chi connectivity index (χ4v) is 1.54. The SMILES string of the molecule is Cl.Cl.Cn1nccc1C1=CCNCC1. The first-order valence-corrected chi connectivity index (χ1v) is 4.26. The molecular formula is C9H15Cl2N3. The van der Waals surface area contributed by atoms with Gasteiger partial charge < -0.3 is 5.32 Å². The molecule has 0 fully saturated rings. The summed E-state index contributed by atoms with van der Waals surface area (Å²) >= 11 is 0. The van der Waals surface area contributed by atoms with E-state index >= 15 is 0 Å². The minimum atomic E-state index is 0. The van der Waals surface area contributed by atoms with Gasteiger partial charge in [0.25, 0.3) is 0 Å². The molecule has 0 atom stereocenters. The molecule has 1 aromatic rings. The Kier molecular flexibility index (Phi) is 5.84. The van der Waals surface area contributed by atoms with E-state index in [9.17, 15) is 0 Å². The molecule has 0 radical (unpaired) electrons. The molecule has 80 valence electrons. The van der Waals surface area contributed by atoms with E-state index in [4.69, 9.17) is 0 Å². The highest BCUT2D eigenvalue weighted by molar-refractivity contribution is 5.85. The van der Waals surface area contributed by atoms with Crippen LogP contribution in [0.3, 0.4) is 0 Å². The normalized spacial score (nSPS) is 15.1. The summed E-state index contributed by atoms with van der Waals surface area (Å²) in [6.07, 6.45) is 5.19. The number of hydrogen-bond donors (Lipinski definition) is 1. The maximum atomic E-state index is 4.15. The molecule has 0 spiro atoms.